The van der Waals surface area contributed by atoms with Crippen molar-refractivity contribution in [3.8, 4) is 5.75 Å². The van der Waals surface area contributed by atoms with Crippen molar-refractivity contribution in [2.45, 2.75) is 4.90 Å². The molecule has 0 aromatic heterocycles. The summed E-state index contributed by atoms with van der Waals surface area (Å²) in [4.78, 5) is 9.98. The third-order valence-electron chi connectivity index (χ3n) is 2.94. The summed E-state index contributed by atoms with van der Waals surface area (Å²) in [6.45, 7) is 0. The summed E-state index contributed by atoms with van der Waals surface area (Å²) < 4.78 is 29.5. The van der Waals surface area contributed by atoms with Crippen LogP contribution in [0.25, 0.3) is 6.08 Å². The minimum absolute atomic E-state index is 0.00996. The van der Waals surface area contributed by atoms with E-state index in [-0.39, 0.29) is 10.6 Å². The second-order valence-electron chi connectivity index (χ2n) is 4.34. The highest BCUT2D eigenvalue weighted by atomic mass is 32.2. The topological polar surface area (TPSA) is 86.5 Å². The minimum Gasteiger partial charge on any atom is -0.496 e. The van der Waals surface area contributed by atoms with Gasteiger partial charge in [0.25, 0.3) is 5.69 Å². The summed E-state index contributed by atoms with van der Waals surface area (Å²) in [6, 6.07) is 11.7. The normalized spacial score (nSPS) is 11.5. The highest BCUT2D eigenvalue weighted by Gasteiger charge is 2.13. The number of hydrogen-bond donors (Lipinski definition) is 0. The fourth-order valence-corrected chi connectivity index (χ4v) is 2.80. The van der Waals surface area contributed by atoms with Gasteiger partial charge in [-0.25, -0.2) is 8.42 Å². The summed E-state index contributed by atoms with van der Waals surface area (Å²) in [7, 11) is -2.19. The Kier molecular flexibility index (Phi) is 4.57. The summed E-state index contributed by atoms with van der Waals surface area (Å²) in [6.07, 6.45) is 1.43. The molecule has 0 radical (unpaired) electrons. The van der Waals surface area contributed by atoms with Gasteiger partial charge in [0, 0.05) is 23.1 Å². The first-order valence-electron chi connectivity index (χ1n) is 6.25. The van der Waals surface area contributed by atoms with E-state index in [9.17, 15) is 18.5 Å². The first-order chi connectivity index (χ1) is 10.4. The quantitative estimate of drug-likeness (QED) is 0.624. The molecule has 0 unspecified atom stereocenters. The Hall–Kier alpha value is -2.67. The van der Waals surface area contributed by atoms with Crippen LogP contribution in [-0.2, 0) is 9.84 Å². The van der Waals surface area contributed by atoms with Crippen LogP contribution >= 0.6 is 0 Å². The summed E-state index contributed by atoms with van der Waals surface area (Å²) in [5.41, 5.74) is 0.461. The van der Waals surface area contributed by atoms with Crippen molar-refractivity contribution in [2.24, 2.45) is 0 Å². The zero-order valence-electron chi connectivity index (χ0n) is 11.7. The van der Waals surface area contributed by atoms with Gasteiger partial charge in [-0.3, -0.25) is 10.1 Å². The molecule has 0 heterocycles. The van der Waals surface area contributed by atoms with Crippen molar-refractivity contribution in [1.29, 1.82) is 0 Å². The SMILES string of the molecule is COc1ccccc1/C=C/S(=O)(=O)c1ccc([N+](=O)[O-])cc1. The maximum absolute atomic E-state index is 12.2. The first-order valence-corrected chi connectivity index (χ1v) is 7.79. The minimum atomic E-state index is -3.68. The maximum Gasteiger partial charge on any atom is 0.269 e. The average Bonchev–Trinajstić information content (AvgIpc) is 2.53. The van der Waals surface area contributed by atoms with Crippen molar-refractivity contribution < 1.29 is 18.1 Å². The molecule has 6 nitrogen and oxygen atoms in total. The zero-order chi connectivity index (χ0) is 16.2. The molecule has 0 aliphatic rings. The van der Waals surface area contributed by atoms with Crippen molar-refractivity contribution in [2.75, 3.05) is 7.11 Å². The molecule has 7 heteroatoms. The van der Waals surface area contributed by atoms with Gasteiger partial charge in [0.1, 0.15) is 5.75 Å². The van der Waals surface area contributed by atoms with Crippen LogP contribution < -0.4 is 4.74 Å². The Labute approximate surface area is 127 Å². The number of para-hydroxylation sites is 1. The Morgan fingerprint density at radius 1 is 1.09 bits per heavy atom. The molecule has 2 rings (SSSR count). The molecular weight excluding hydrogens is 306 g/mol. The molecule has 0 bridgehead atoms. The number of methoxy groups -OCH3 is 1. The third-order valence-corrected chi connectivity index (χ3v) is 4.37. The number of non-ortho nitro benzene ring substituents is 1. The Bertz CT molecular complexity index is 810. The molecule has 0 N–H and O–H groups in total. The van der Waals surface area contributed by atoms with E-state index < -0.39 is 14.8 Å². The van der Waals surface area contributed by atoms with Gasteiger partial charge < -0.3 is 4.74 Å². The molecule has 0 aliphatic carbocycles. The predicted octanol–water partition coefficient (Wildman–Crippen LogP) is 3.05. The van der Waals surface area contributed by atoms with E-state index in [1.165, 1.54) is 25.3 Å². The van der Waals surface area contributed by atoms with Crippen molar-refractivity contribution >= 4 is 21.6 Å². The lowest BCUT2D eigenvalue weighted by atomic mass is 10.2. The van der Waals surface area contributed by atoms with Crippen molar-refractivity contribution in [1.82, 2.24) is 0 Å². The van der Waals surface area contributed by atoms with Crippen LogP contribution in [-0.4, -0.2) is 20.5 Å². The van der Waals surface area contributed by atoms with Crippen molar-refractivity contribution in [3.63, 3.8) is 0 Å². The number of nitro benzene ring substituents is 1. The van der Waals surface area contributed by atoms with Gasteiger partial charge in [-0.15, -0.1) is 0 Å². The summed E-state index contributed by atoms with van der Waals surface area (Å²) >= 11 is 0. The molecule has 0 aliphatic heterocycles. The van der Waals surface area contributed by atoms with E-state index in [0.717, 1.165) is 17.5 Å². The van der Waals surface area contributed by atoms with Gasteiger partial charge in [-0.2, -0.15) is 0 Å². The second kappa shape index (κ2) is 6.40. The number of benzene rings is 2. The van der Waals surface area contributed by atoms with Crippen LogP contribution in [0.2, 0.25) is 0 Å². The van der Waals surface area contributed by atoms with E-state index >= 15 is 0 Å². The van der Waals surface area contributed by atoms with Gasteiger partial charge in [-0.05, 0) is 24.3 Å². The zero-order valence-corrected chi connectivity index (χ0v) is 12.5. The predicted molar refractivity (Wildman–Crippen MR) is 82.3 cm³/mol. The molecule has 22 heavy (non-hydrogen) atoms. The Balaban J connectivity index is 2.31. The number of nitrogens with zero attached hydrogens (tertiary/aromatic N) is 1. The number of hydrogen-bond acceptors (Lipinski definition) is 5. The molecule has 0 fully saturated rings. The van der Waals surface area contributed by atoms with E-state index in [0.29, 0.717) is 11.3 Å². The molecule has 0 saturated carbocycles. The van der Waals surface area contributed by atoms with E-state index in [2.05, 4.69) is 0 Å². The highest BCUT2D eigenvalue weighted by Crippen LogP contribution is 2.22. The monoisotopic (exact) mass is 319 g/mol. The number of ether oxygens (including phenoxy) is 1. The molecule has 2 aromatic rings. The summed E-state index contributed by atoms with van der Waals surface area (Å²) in [5.74, 6) is 0.553. The smallest absolute Gasteiger partial charge is 0.269 e. The molecule has 2 aromatic carbocycles. The molecule has 0 amide bonds. The second-order valence-corrected chi connectivity index (χ2v) is 6.17. The van der Waals surface area contributed by atoms with Crippen LogP contribution in [0.4, 0.5) is 5.69 Å². The lowest BCUT2D eigenvalue weighted by Crippen LogP contribution is -1.97. The average molecular weight is 319 g/mol. The van der Waals surface area contributed by atoms with Gasteiger partial charge >= 0.3 is 0 Å². The number of nitro groups is 1. The van der Waals surface area contributed by atoms with Crippen LogP contribution in [0.15, 0.2) is 58.8 Å². The highest BCUT2D eigenvalue weighted by molar-refractivity contribution is 7.94. The van der Waals surface area contributed by atoms with Gasteiger partial charge in [-0.1, -0.05) is 18.2 Å². The fraction of sp³-hybridized carbons (Fsp3) is 0.0667. The molecule has 114 valence electrons. The largest absolute Gasteiger partial charge is 0.496 e. The van der Waals surface area contributed by atoms with E-state index in [1.54, 1.807) is 24.3 Å². The lowest BCUT2D eigenvalue weighted by molar-refractivity contribution is -0.384. The maximum atomic E-state index is 12.2. The molecular formula is C15H13NO5S. The Morgan fingerprint density at radius 3 is 2.32 bits per heavy atom. The van der Waals surface area contributed by atoms with Crippen LogP contribution in [0.5, 0.6) is 5.75 Å². The lowest BCUT2D eigenvalue weighted by Gasteiger charge is -2.03. The van der Waals surface area contributed by atoms with E-state index in [4.69, 9.17) is 4.74 Å². The van der Waals surface area contributed by atoms with Gasteiger partial charge in [0.2, 0.25) is 0 Å². The van der Waals surface area contributed by atoms with Crippen LogP contribution in [0, 0.1) is 10.1 Å². The van der Waals surface area contributed by atoms with Gasteiger partial charge in [0.15, 0.2) is 9.84 Å². The standard InChI is InChI=1S/C15H13NO5S/c1-21-15-5-3-2-4-12(15)10-11-22(19,20)14-8-6-13(7-9-14)16(17)18/h2-11H,1H3/b11-10+. The van der Waals surface area contributed by atoms with E-state index in [1.807, 2.05) is 0 Å². The summed E-state index contributed by atoms with van der Waals surface area (Å²) in [5, 5.41) is 11.6. The molecule has 0 atom stereocenters. The molecule has 0 saturated heterocycles. The van der Waals surface area contributed by atoms with Gasteiger partial charge in [0.05, 0.1) is 16.9 Å². The van der Waals surface area contributed by atoms with Crippen LogP contribution in [0.3, 0.4) is 0 Å². The number of rotatable bonds is 5. The fourth-order valence-electron chi connectivity index (χ4n) is 1.80. The van der Waals surface area contributed by atoms with Crippen molar-refractivity contribution in [3.05, 3.63) is 69.6 Å². The Morgan fingerprint density at radius 2 is 1.73 bits per heavy atom. The molecule has 0 spiro atoms. The van der Waals surface area contributed by atoms with Crippen LogP contribution in [0.1, 0.15) is 5.56 Å². The first kappa shape index (κ1) is 15.7. The number of sulfone groups is 1. The third kappa shape index (κ3) is 3.50.